The molecule has 1 aliphatic carbocycles. The van der Waals surface area contributed by atoms with Crippen LogP contribution in [0, 0.1) is 0 Å². The molecule has 2 fully saturated rings. The molecule has 2 aromatic rings. The van der Waals surface area contributed by atoms with Crippen LogP contribution in [0.3, 0.4) is 0 Å². The molecule has 3 N–H and O–H groups in total. The van der Waals surface area contributed by atoms with Crippen molar-refractivity contribution < 1.29 is 9.47 Å². The van der Waals surface area contributed by atoms with E-state index in [1.54, 1.807) is 13.3 Å². The SMILES string of the molecule is CNc1cc(Nc2ncc(Cl)c(OCC3(NC)CC3)n2)c(OC)cc1N1CCC(N(C)C)CC1. The largest absolute Gasteiger partial charge is 0.494 e. The van der Waals surface area contributed by atoms with Gasteiger partial charge in [0, 0.05) is 32.2 Å². The second kappa shape index (κ2) is 10.4. The summed E-state index contributed by atoms with van der Waals surface area (Å²) in [6.45, 7) is 2.53. The van der Waals surface area contributed by atoms with Crippen LogP contribution in [0.4, 0.5) is 23.0 Å². The van der Waals surface area contributed by atoms with Crippen molar-refractivity contribution in [2.24, 2.45) is 0 Å². The second-order valence-corrected chi connectivity index (χ2v) is 9.70. The van der Waals surface area contributed by atoms with Gasteiger partial charge in [-0.2, -0.15) is 4.98 Å². The van der Waals surface area contributed by atoms with Gasteiger partial charge in [0.15, 0.2) is 0 Å². The molecule has 0 spiro atoms. The number of piperidine rings is 1. The molecule has 0 bridgehead atoms. The maximum absolute atomic E-state index is 6.29. The minimum absolute atomic E-state index is 0.0314. The summed E-state index contributed by atoms with van der Waals surface area (Å²) in [4.78, 5) is 13.6. The highest BCUT2D eigenvalue weighted by atomic mass is 35.5. The number of hydrogen-bond acceptors (Lipinski definition) is 9. The molecule has 0 radical (unpaired) electrons. The Labute approximate surface area is 207 Å². The molecule has 1 aromatic heterocycles. The summed E-state index contributed by atoms with van der Waals surface area (Å²) >= 11 is 6.29. The molecule has 1 aliphatic heterocycles. The van der Waals surface area contributed by atoms with Crippen LogP contribution in [0.1, 0.15) is 25.7 Å². The second-order valence-electron chi connectivity index (χ2n) is 9.29. The molecular weight excluding hydrogens is 454 g/mol. The van der Waals surface area contributed by atoms with Gasteiger partial charge in [-0.15, -0.1) is 0 Å². The highest BCUT2D eigenvalue weighted by Gasteiger charge is 2.42. The Kier molecular flexibility index (Phi) is 7.54. The first-order chi connectivity index (χ1) is 16.4. The third-order valence-electron chi connectivity index (χ3n) is 6.95. The molecule has 1 saturated heterocycles. The van der Waals surface area contributed by atoms with E-state index in [1.165, 1.54) is 0 Å². The van der Waals surface area contributed by atoms with E-state index in [1.807, 2.05) is 20.2 Å². The van der Waals surface area contributed by atoms with Crippen molar-refractivity contribution in [1.82, 2.24) is 20.2 Å². The van der Waals surface area contributed by atoms with Crippen molar-refractivity contribution in [1.29, 1.82) is 0 Å². The first-order valence-corrected chi connectivity index (χ1v) is 12.2. The quantitative estimate of drug-likeness (QED) is 0.463. The van der Waals surface area contributed by atoms with Crippen LogP contribution < -0.4 is 30.3 Å². The maximum atomic E-state index is 6.29. The van der Waals surface area contributed by atoms with Crippen LogP contribution in [-0.4, -0.2) is 81.4 Å². The highest BCUT2D eigenvalue weighted by molar-refractivity contribution is 6.31. The van der Waals surface area contributed by atoms with Gasteiger partial charge < -0.3 is 35.2 Å². The van der Waals surface area contributed by atoms with E-state index in [0.29, 0.717) is 29.5 Å². The van der Waals surface area contributed by atoms with Crippen molar-refractivity contribution in [3.8, 4) is 11.6 Å². The number of likely N-dealkylation sites (N-methyl/N-ethyl adjacent to an activating group) is 1. The van der Waals surface area contributed by atoms with Gasteiger partial charge in [-0.25, -0.2) is 4.98 Å². The van der Waals surface area contributed by atoms with Gasteiger partial charge >= 0.3 is 0 Å². The summed E-state index contributed by atoms with van der Waals surface area (Å²) < 4.78 is 11.6. The Morgan fingerprint density at radius 1 is 1.18 bits per heavy atom. The predicted octanol–water partition coefficient (Wildman–Crippen LogP) is 3.59. The third-order valence-corrected chi connectivity index (χ3v) is 7.21. The molecule has 0 unspecified atom stereocenters. The van der Waals surface area contributed by atoms with Crippen molar-refractivity contribution in [2.45, 2.75) is 37.3 Å². The molecule has 2 heterocycles. The third kappa shape index (κ3) is 5.42. The zero-order valence-corrected chi connectivity index (χ0v) is 21.5. The summed E-state index contributed by atoms with van der Waals surface area (Å²) in [7, 11) is 9.86. The van der Waals surface area contributed by atoms with Crippen LogP contribution in [0.25, 0.3) is 0 Å². The zero-order chi connectivity index (χ0) is 24.3. The van der Waals surface area contributed by atoms with Crippen molar-refractivity contribution >= 4 is 34.6 Å². The van der Waals surface area contributed by atoms with Crippen LogP contribution >= 0.6 is 11.6 Å². The number of halogens is 1. The van der Waals surface area contributed by atoms with Crippen molar-refractivity contribution in [3.63, 3.8) is 0 Å². The van der Waals surface area contributed by atoms with Crippen molar-refractivity contribution in [3.05, 3.63) is 23.4 Å². The number of ether oxygens (including phenoxy) is 2. The smallest absolute Gasteiger partial charge is 0.237 e. The lowest BCUT2D eigenvalue weighted by Crippen LogP contribution is -2.42. The Bertz CT molecular complexity index is 992. The minimum atomic E-state index is 0.0314. The van der Waals surface area contributed by atoms with Gasteiger partial charge in [0.05, 0.1) is 35.9 Å². The normalized spacial score (nSPS) is 17.6. The molecular formula is C24H36ClN7O2. The molecule has 2 aliphatic rings. The molecule has 4 rings (SSSR count). The zero-order valence-electron chi connectivity index (χ0n) is 20.7. The maximum Gasteiger partial charge on any atom is 0.237 e. The molecule has 1 aromatic carbocycles. The predicted molar refractivity (Wildman–Crippen MR) is 138 cm³/mol. The average Bonchev–Trinajstić information content (AvgIpc) is 3.64. The summed E-state index contributed by atoms with van der Waals surface area (Å²) in [5.74, 6) is 1.49. The van der Waals surface area contributed by atoms with E-state index in [4.69, 9.17) is 21.1 Å². The molecule has 186 valence electrons. The van der Waals surface area contributed by atoms with Crippen LogP contribution in [0.15, 0.2) is 18.3 Å². The summed E-state index contributed by atoms with van der Waals surface area (Å²) in [5.41, 5.74) is 2.94. The molecule has 10 heteroatoms. The highest BCUT2D eigenvalue weighted by Crippen LogP contribution is 2.40. The van der Waals surface area contributed by atoms with Crippen LogP contribution in [0.2, 0.25) is 5.02 Å². The number of nitrogens with zero attached hydrogens (tertiary/aromatic N) is 4. The Morgan fingerprint density at radius 2 is 1.91 bits per heavy atom. The lowest BCUT2D eigenvalue weighted by atomic mass is 10.0. The molecule has 9 nitrogen and oxygen atoms in total. The topological polar surface area (TPSA) is 86.8 Å². The van der Waals surface area contributed by atoms with Crippen LogP contribution in [-0.2, 0) is 0 Å². The van der Waals surface area contributed by atoms with E-state index in [-0.39, 0.29) is 5.54 Å². The number of hydrogen-bond donors (Lipinski definition) is 3. The summed E-state index contributed by atoms with van der Waals surface area (Å²) in [5, 5.41) is 10.3. The first-order valence-electron chi connectivity index (χ1n) is 11.8. The lowest BCUT2D eigenvalue weighted by molar-refractivity contribution is 0.249. The van der Waals surface area contributed by atoms with Crippen molar-refractivity contribution in [2.75, 3.05) is 70.5 Å². The fourth-order valence-corrected chi connectivity index (χ4v) is 4.52. The summed E-state index contributed by atoms with van der Waals surface area (Å²) in [6.07, 6.45) is 5.99. The number of anilines is 4. The average molecular weight is 490 g/mol. The minimum Gasteiger partial charge on any atom is -0.494 e. The number of methoxy groups -OCH3 is 1. The van der Waals surface area contributed by atoms with Gasteiger partial charge in [0.25, 0.3) is 0 Å². The van der Waals surface area contributed by atoms with E-state index in [9.17, 15) is 0 Å². The standard InChI is InChI=1S/C24H36ClN7O2/c1-26-18-12-19(21(33-5)13-20(18)32-10-6-16(7-11-32)31(3)4)29-23-28-14-17(25)22(30-23)34-15-24(27-2)8-9-24/h12-14,16,26-27H,6-11,15H2,1-5H3,(H,28,29,30). The molecule has 0 amide bonds. The lowest BCUT2D eigenvalue weighted by Gasteiger charge is -2.37. The van der Waals surface area contributed by atoms with Gasteiger partial charge in [-0.1, -0.05) is 11.6 Å². The van der Waals surface area contributed by atoms with Gasteiger partial charge in [0.2, 0.25) is 11.8 Å². The van der Waals surface area contributed by atoms with Gasteiger partial charge in [0.1, 0.15) is 17.4 Å². The van der Waals surface area contributed by atoms with E-state index < -0.39 is 0 Å². The fourth-order valence-electron chi connectivity index (χ4n) is 4.38. The molecule has 1 saturated carbocycles. The Morgan fingerprint density at radius 3 is 2.50 bits per heavy atom. The monoisotopic (exact) mass is 489 g/mol. The Hall–Kier alpha value is -2.49. The fraction of sp³-hybridized carbons (Fsp3) is 0.583. The van der Waals surface area contributed by atoms with Crippen LogP contribution in [0.5, 0.6) is 11.6 Å². The first kappa shape index (κ1) is 24.6. The number of aromatic nitrogens is 2. The summed E-state index contributed by atoms with van der Waals surface area (Å²) in [6, 6.07) is 4.73. The van der Waals surface area contributed by atoms with E-state index in [2.05, 4.69) is 55.9 Å². The van der Waals surface area contributed by atoms with Gasteiger partial charge in [-0.05, 0) is 52.9 Å². The van der Waals surface area contributed by atoms with E-state index in [0.717, 1.165) is 61.6 Å². The molecule has 0 atom stereocenters. The molecule has 34 heavy (non-hydrogen) atoms. The Balaban J connectivity index is 1.52. The van der Waals surface area contributed by atoms with Gasteiger partial charge in [-0.3, -0.25) is 0 Å². The number of nitrogens with one attached hydrogen (secondary N) is 3. The van der Waals surface area contributed by atoms with E-state index >= 15 is 0 Å². The number of rotatable bonds is 10. The number of benzene rings is 1.